The summed E-state index contributed by atoms with van der Waals surface area (Å²) in [4.78, 5) is 2.59. The van der Waals surface area contributed by atoms with E-state index in [0.29, 0.717) is 11.6 Å². The minimum absolute atomic E-state index is 0.300. The highest BCUT2D eigenvalue weighted by molar-refractivity contribution is 4.94. The van der Waals surface area contributed by atoms with Gasteiger partial charge in [-0.15, -0.1) is 0 Å². The molecule has 2 unspecified atom stereocenters. The van der Waals surface area contributed by atoms with Crippen LogP contribution < -0.4 is 5.32 Å². The second-order valence-corrected chi connectivity index (χ2v) is 4.40. The molecule has 1 N–H and O–H groups in total. The van der Waals surface area contributed by atoms with Crippen molar-refractivity contribution < 1.29 is 0 Å². The molecular formula is C13H30N2. The van der Waals surface area contributed by atoms with Crippen LogP contribution in [0.3, 0.4) is 0 Å². The first kappa shape index (κ1) is 14.9. The molecule has 15 heavy (non-hydrogen) atoms. The summed E-state index contributed by atoms with van der Waals surface area (Å²) < 4.78 is 0. The van der Waals surface area contributed by atoms with Gasteiger partial charge in [-0.1, -0.05) is 34.6 Å². The molecule has 0 aromatic carbocycles. The molecule has 0 heterocycles. The number of rotatable bonds is 8. The normalized spacial score (nSPS) is 17.8. The maximum absolute atomic E-state index is 3.63. The molecule has 0 rings (SSSR count). The van der Waals surface area contributed by atoms with Crippen LogP contribution in [0.5, 0.6) is 0 Å². The average Bonchev–Trinajstić information content (AvgIpc) is 2.27. The molecule has 2 nitrogen and oxygen atoms in total. The number of nitrogens with zero attached hydrogens (tertiary/aromatic N) is 1. The Hall–Kier alpha value is -0.0800. The topological polar surface area (TPSA) is 15.3 Å². The monoisotopic (exact) mass is 214 g/mol. The summed E-state index contributed by atoms with van der Waals surface area (Å²) in [6, 6.07) is 0.604. The lowest BCUT2D eigenvalue weighted by molar-refractivity contribution is 0.0692. The highest BCUT2D eigenvalue weighted by Crippen LogP contribution is 2.25. The van der Waals surface area contributed by atoms with Gasteiger partial charge in [0.05, 0.1) is 0 Å². The summed E-state index contributed by atoms with van der Waals surface area (Å²) in [6.07, 6.45) is 2.41. The highest BCUT2D eigenvalue weighted by atomic mass is 15.2. The molecule has 0 saturated carbocycles. The molecule has 0 radical (unpaired) electrons. The van der Waals surface area contributed by atoms with Gasteiger partial charge in [0.25, 0.3) is 0 Å². The van der Waals surface area contributed by atoms with Gasteiger partial charge in [0.2, 0.25) is 0 Å². The molecule has 2 heteroatoms. The number of likely N-dealkylation sites (N-methyl/N-ethyl adjacent to an activating group) is 2. The van der Waals surface area contributed by atoms with Crippen molar-refractivity contribution in [3.63, 3.8) is 0 Å². The van der Waals surface area contributed by atoms with Crippen LogP contribution in [0.25, 0.3) is 0 Å². The SMILES string of the molecule is CCNC(CC)C(C)(CC)N(CC)CC. The van der Waals surface area contributed by atoms with Crippen LogP contribution in [0.15, 0.2) is 0 Å². The van der Waals surface area contributed by atoms with Gasteiger partial charge < -0.3 is 5.32 Å². The van der Waals surface area contributed by atoms with Crippen molar-refractivity contribution in [2.24, 2.45) is 0 Å². The van der Waals surface area contributed by atoms with E-state index in [4.69, 9.17) is 0 Å². The van der Waals surface area contributed by atoms with E-state index < -0.39 is 0 Å². The molecule has 92 valence electrons. The first-order valence-electron chi connectivity index (χ1n) is 6.58. The Labute approximate surface area is 96.4 Å². The maximum Gasteiger partial charge on any atom is 0.0331 e. The van der Waals surface area contributed by atoms with Crippen LogP contribution in [0, 0.1) is 0 Å². The summed E-state index contributed by atoms with van der Waals surface area (Å²) in [5.41, 5.74) is 0.300. The van der Waals surface area contributed by atoms with Gasteiger partial charge in [-0.25, -0.2) is 0 Å². The van der Waals surface area contributed by atoms with Crippen LogP contribution in [0.1, 0.15) is 54.4 Å². The Morgan fingerprint density at radius 3 is 1.87 bits per heavy atom. The van der Waals surface area contributed by atoms with Crippen molar-refractivity contribution in [3.05, 3.63) is 0 Å². The number of hydrogen-bond donors (Lipinski definition) is 1. The van der Waals surface area contributed by atoms with Gasteiger partial charge in [0.15, 0.2) is 0 Å². The fraction of sp³-hybridized carbons (Fsp3) is 1.00. The molecule has 2 atom stereocenters. The van der Waals surface area contributed by atoms with Gasteiger partial charge in [0, 0.05) is 11.6 Å². The molecule has 0 spiro atoms. The molecular weight excluding hydrogens is 184 g/mol. The van der Waals surface area contributed by atoms with Crippen molar-refractivity contribution in [3.8, 4) is 0 Å². The van der Waals surface area contributed by atoms with E-state index in [2.05, 4.69) is 51.8 Å². The van der Waals surface area contributed by atoms with Crippen molar-refractivity contribution in [1.29, 1.82) is 0 Å². The van der Waals surface area contributed by atoms with Gasteiger partial charge in [-0.3, -0.25) is 4.90 Å². The molecule has 0 aliphatic rings. The Morgan fingerprint density at radius 1 is 1.07 bits per heavy atom. The summed E-state index contributed by atoms with van der Waals surface area (Å²) in [6.45, 7) is 17.0. The average molecular weight is 214 g/mol. The Kier molecular flexibility index (Phi) is 7.20. The smallest absolute Gasteiger partial charge is 0.0331 e. The third-order valence-electron chi connectivity index (χ3n) is 3.81. The molecule has 0 aliphatic carbocycles. The lowest BCUT2D eigenvalue weighted by atomic mass is 9.85. The van der Waals surface area contributed by atoms with Crippen LogP contribution in [-0.2, 0) is 0 Å². The predicted octanol–water partition coefficient (Wildman–Crippen LogP) is 2.89. The third kappa shape index (κ3) is 3.46. The van der Waals surface area contributed by atoms with Crippen LogP contribution in [0.4, 0.5) is 0 Å². The van der Waals surface area contributed by atoms with Crippen LogP contribution >= 0.6 is 0 Å². The first-order chi connectivity index (χ1) is 7.10. The quantitative estimate of drug-likeness (QED) is 0.668. The standard InChI is InChI=1S/C13H30N2/c1-7-12(14-9-3)13(6,8-2)15(10-4)11-5/h12,14H,7-11H2,1-6H3. The summed E-state index contributed by atoms with van der Waals surface area (Å²) in [5.74, 6) is 0. The second-order valence-electron chi connectivity index (χ2n) is 4.40. The Morgan fingerprint density at radius 2 is 1.60 bits per heavy atom. The highest BCUT2D eigenvalue weighted by Gasteiger charge is 2.35. The van der Waals surface area contributed by atoms with Gasteiger partial charge in [0.1, 0.15) is 0 Å². The largest absolute Gasteiger partial charge is 0.312 e. The first-order valence-corrected chi connectivity index (χ1v) is 6.58. The maximum atomic E-state index is 3.63. The number of hydrogen-bond acceptors (Lipinski definition) is 2. The lowest BCUT2D eigenvalue weighted by Crippen LogP contribution is -2.59. The fourth-order valence-electron chi connectivity index (χ4n) is 2.69. The van der Waals surface area contributed by atoms with E-state index in [1.165, 1.54) is 12.8 Å². The molecule has 0 bridgehead atoms. The zero-order valence-electron chi connectivity index (χ0n) is 11.6. The summed E-state index contributed by atoms with van der Waals surface area (Å²) in [5, 5.41) is 3.63. The second kappa shape index (κ2) is 7.24. The zero-order valence-corrected chi connectivity index (χ0v) is 11.6. The van der Waals surface area contributed by atoms with E-state index in [-0.39, 0.29) is 0 Å². The molecule has 0 fully saturated rings. The molecule has 0 aliphatic heterocycles. The minimum Gasteiger partial charge on any atom is -0.312 e. The Balaban J connectivity index is 4.76. The van der Waals surface area contributed by atoms with Crippen LogP contribution in [0.2, 0.25) is 0 Å². The molecule has 0 aromatic rings. The Bertz CT molecular complexity index is 155. The van der Waals surface area contributed by atoms with E-state index >= 15 is 0 Å². The predicted molar refractivity (Wildman–Crippen MR) is 69.4 cm³/mol. The molecule has 0 saturated heterocycles. The van der Waals surface area contributed by atoms with Crippen molar-refractivity contribution in [1.82, 2.24) is 10.2 Å². The van der Waals surface area contributed by atoms with E-state index in [1.54, 1.807) is 0 Å². The summed E-state index contributed by atoms with van der Waals surface area (Å²) >= 11 is 0. The van der Waals surface area contributed by atoms with Crippen molar-refractivity contribution >= 4 is 0 Å². The van der Waals surface area contributed by atoms with Gasteiger partial charge in [-0.2, -0.15) is 0 Å². The minimum atomic E-state index is 0.300. The molecule has 0 amide bonds. The fourth-order valence-corrected chi connectivity index (χ4v) is 2.69. The third-order valence-corrected chi connectivity index (χ3v) is 3.81. The molecule has 0 aromatic heterocycles. The van der Waals surface area contributed by atoms with E-state index in [9.17, 15) is 0 Å². The zero-order chi connectivity index (χ0) is 11.9. The lowest BCUT2D eigenvalue weighted by Gasteiger charge is -2.46. The summed E-state index contributed by atoms with van der Waals surface area (Å²) in [7, 11) is 0. The van der Waals surface area contributed by atoms with E-state index in [0.717, 1.165) is 19.6 Å². The van der Waals surface area contributed by atoms with Crippen LogP contribution in [-0.4, -0.2) is 36.1 Å². The van der Waals surface area contributed by atoms with Gasteiger partial charge >= 0.3 is 0 Å². The van der Waals surface area contributed by atoms with Crippen molar-refractivity contribution in [2.45, 2.75) is 66.0 Å². The number of nitrogens with one attached hydrogen (secondary N) is 1. The van der Waals surface area contributed by atoms with Gasteiger partial charge in [-0.05, 0) is 39.4 Å². The van der Waals surface area contributed by atoms with Crippen molar-refractivity contribution in [2.75, 3.05) is 19.6 Å². The van der Waals surface area contributed by atoms with E-state index in [1.807, 2.05) is 0 Å².